The van der Waals surface area contributed by atoms with Crippen LogP contribution in [0.2, 0.25) is 0 Å². The molecular weight excluding hydrogens is 267 g/mol. The van der Waals surface area contributed by atoms with E-state index >= 15 is 0 Å². The molecule has 1 unspecified atom stereocenters. The molecule has 0 aliphatic heterocycles. The van der Waals surface area contributed by atoms with E-state index in [-0.39, 0.29) is 30.2 Å². The molecule has 0 radical (unpaired) electrons. The Morgan fingerprint density at radius 1 is 1.37 bits per heavy atom. The van der Waals surface area contributed by atoms with Gasteiger partial charge in [0.15, 0.2) is 0 Å². The lowest BCUT2D eigenvalue weighted by molar-refractivity contribution is -0.133. The predicted molar refractivity (Wildman–Crippen MR) is 78.0 cm³/mol. The molecule has 0 saturated heterocycles. The highest BCUT2D eigenvalue weighted by Gasteiger charge is 2.19. The average molecular weight is 289 g/mol. The van der Waals surface area contributed by atoms with Crippen molar-refractivity contribution in [2.45, 2.75) is 26.3 Å². The van der Waals surface area contributed by atoms with Crippen molar-refractivity contribution in [1.82, 2.24) is 10.2 Å². The van der Waals surface area contributed by atoms with Crippen LogP contribution >= 0.6 is 12.4 Å². The number of halogens is 2. The van der Waals surface area contributed by atoms with Gasteiger partial charge in [-0.3, -0.25) is 4.79 Å². The van der Waals surface area contributed by atoms with Crippen molar-refractivity contribution < 1.29 is 9.18 Å². The Bertz CT molecular complexity index is 384. The Labute approximate surface area is 120 Å². The lowest BCUT2D eigenvalue weighted by atomic mass is 10.1. The summed E-state index contributed by atoms with van der Waals surface area (Å²) in [4.78, 5) is 13.8. The molecule has 0 aliphatic rings. The second-order valence-corrected chi connectivity index (χ2v) is 4.26. The highest BCUT2D eigenvalue weighted by atomic mass is 35.5. The van der Waals surface area contributed by atoms with E-state index in [0.717, 1.165) is 5.56 Å². The Balaban J connectivity index is 0.00000324. The number of rotatable bonds is 6. The highest BCUT2D eigenvalue weighted by Crippen LogP contribution is 2.20. The third kappa shape index (κ3) is 5.17. The Hall–Kier alpha value is -1.13. The molecule has 0 spiro atoms. The van der Waals surface area contributed by atoms with E-state index in [1.165, 1.54) is 12.1 Å². The molecule has 1 rings (SSSR count). The summed E-state index contributed by atoms with van der Waals surface area (Å²) in [7, 11) is 1.83. The molecule has 108 valence electrons. The number of hydrogen-bond acceptors (Lipinski definition) is 2. The van der Waals surface area contributed by atoms with Crippen LogP contribution in [0.1, 0.15) is 31.9 Å². The molecule has 5 heteroatoms. The Morgan fingerprint density at radius 3 is 2.42 bits per heavy atom. The first-order chi connectivity index (χ1) is 8.60. The topological polar surface area (TPSA) is 32.3 Å². The largest absolute Gasteiger partial charge is 0.336 e. The van der Waals surface area contributed by atoms with Gasteiger partial charge in [-0.05, 0) is 38.6 Å². The van der Waals surface area contributed by atoms with Crippen molar-refractivity contribution in [3.63, 3.8) is 0 Å². The van der Waals surface area contributed by atoms with Crippen molar-refractivity contribution >= 4 is 18.3 Å². The first-order valence-corrected chi connectivity index (χ1v) is 6.29. The maximum Gasteiger partial charge on any atom is 0.224 e. The molecule has 0 aliphatic carbocycles. The van der Waals surface area contributed by atoms with Crippen molar-refractivity contribution in [2.75, 3.05) is 20.1 Å². The van der Waals surface area contributed by atoms with Crippen molar-refractivity contribution in [1.29, 1.82) is 0 Å². The molecule has 1 aromatic carbocycles. The number of carbonyl (C=O) groups is 1. The molecule has 0 saturated carbocycles. The van der Waals surface area contributed by atoms with E-state index in [1.807, 2.05) is 25.8 Å². The van der Waals surface area contributed by atoms with Gasteiger partial charge in [-0.2, -0.15) is 0 Å². The molecule has 1 amide bonds. The van der Waals surface area contributed by atoms with E-state index in [9.17, 15) is 9.18 Å². The molecule has 0 bridgehead atoms. The fourth-order valence-corrected chi connectivity index (χ4v) is 1.96. The normalized spacial score (nSPS) is 11.6. The monoisotopic (exact) mass is 288 g/mol. The van der Waals surface area contributed by atoms with Gasteiger partial charge in [0.1, 0.15) is 5.82 Å². The van der Waals surface area contributed by atoms with E-state index in [0.29, 0.717) is 19.5 Å². The minimum absolute atomic E-state index is 0. The average Bonchev–Trinajstić information content (AvgIpc) is 2.37. The summed E-state index contributed by atoms with van der Waals surface area (Å²) in [5.41, 5.74) is 0.955. The van der Waals surface area contributed by atoms with Crippen LogP contribution in [0, 0.1) is 5.82 Å². The molecule has 0 aromatic heterocycles. The van der Waals surface area contributed by atoms with Crippen LogP contribution in [0.5, 0.6) is 0 Å². The number of hydrogen-bond donors (Lipinski definition) is 1. The molecule has 19 heavy (non-hydrogen) atoms. The molecule has 1 aromatic rings. The van der Waals surface area contributed by atoms with Crippen molar-refractivity contribution in [3.05, 3.63) is 35.6 Å². The van der Waals surface area contributed by atoms with Crippen LogP contribution in [-0.4, -0.2) is 30.9 Å². The summed E-state index contributed by atoms with van der Waals surface area (Å²) < 4.78 is 12.9. The van der Waals surface area contributed by atoms with Crippen LogP contribution in [0.15, 0.2) is 24.3 Å². The van der Waals surface area contributed by atoms with Gasteiger partial charge in [0, 0.05) is 19.5 Å². The number of nitrogens with one attached hydrogen (secondary N) is 1. The molecule has 0 fully saturated rings. The summed E-state index contributed by atoms with van der Waals surface area (Å²) >= 11 is 0. The van der Waals surface area contributed by atoms with Crippen LogP contribution in [-0.2, 0) is 4.79 Å². The lowest BCUT2D eigenvalue weighted by Crippen LogP contribution is -2.34. The molecule has 0 heterocycles. The Kier molecular flexibility index (Phi) is 8.35. The second kappa shape index (κ2) is 8.88. The smallest absolute Gasteiger partial charge is 0.224 e. The highest BCUT2D eigenvalue weighted by molar-refractivity contribution is 5.85. The molecule has 3 nitrogen and oxygen atoms in total. The molecule has 1 atom stereocenters. The maximum atomic E-state index is 12.9. The third-order valence-corrected chi connectivity index (χ3v) is 3.07. The SMILES string of the molecule is CCN(C(=O)CCNC)C(C)c1ccc(F)cc1.Cl. The standard InChI is InChI=1S/C14H21FN2O.ClH/c1-4-17(14(18)9-10-16-3)11(2)12-5-7-13(15)8-6-12;/h5-8,11,16H,4,9-10H2,1-3H3;1H. The van der Waals surface area contributed by atoms with Gasteiger partial charge in [0.25, 0.3) is 0 Å². The molecular formula is C14H22ClFN2O. The summed E-state index contributed by atoms with van der Waals surface area (Å²) in [6.45, 7) is 5.25. The van der Waals surface area contributed by atoms with Crippen LogP contribution in [0.4, 0.5) is 4.39 Å². The summed E-state index contributed by atoms with van der Waals surface area (Å²) in [6, 6.07) is 6.29. The number of benzene rings is 1. The Morgan fingerprint density at radius 2 is 1.95 bits per heavy atom. The zero-order valence-electron chi connectivity index (χ0n) is 11.6. The summed E-state index contributed by atoms with van der Waals surface area (Å²) in [6.07, 6.45) is 0.482. The van der Waals surface area contributed by atoms with Gasteiger partial charge in [0.2, 0.25) is 5.91 Å². The predicted octanol–water partition coefficient (Wildman–Crippen LogP) is 2.77. The summed E-state index contributed by atoms with van der Waals surface area (Å²) in [5, 5.41) is 2.97. The number of carbonyl (C=O) groups excluding carboxylic acids is 1. The first-order valence-electron chi connectivity index (χ1n) is 6.29. The minimum atomic E-state index is -0.254. The van der Waals surface area contributed by atoms with Gasteiger partial charge in [-0.25, -0.2) is 4.39 Å². The van der Waals surface area contributed by atoms with Gasteiger partial charge in [-0.15, -0.1) is 12.4 Å². The fourth-order valence-electron chi connectivity index (χ4n) is 1.96. The number of amides is 1. The minimum Gasteiger partial charge on any atom is -0.336 e. The van der Waals surface area contributed by atoms with Crippen molar-refractivity contribution in [3.8, 4) is 0 Å². The van der Waals surface area contributed by atoms with Gasteiger partial charge in [0.05, 0.1) is 6.04 Å². The first kappa shape index (κ1) is 17.9. The van der Waals surface area contributed by atoms with E-state index in [2.05, 4.69) is 5.32 Å². The van der Waals surface area contributed by atoms with Gasteiger partial charge in [-0.1, -0.05) is 12.1 Å². The zero-order chi connectivity index (χ0) is 13.5. The van der Waals surface area contributed by atoms with Crippen LogP contribution < -0.4 is 5.32 Å². The van der Waals surface area contributed by atoms with E-state index < -0.39 is 0 Å². The number of nitrogens with zero attached hydrogens (tertiary/aromatic N) is 1. The summed E-state index contributed by atoms with van der Waals surface area (Å²) in [5.74, 6) is -0.140. The zero-order valence-corrected chi connectivity index (χ0v) is 12.5. The van der Waals surface area contributed by atoms with E-state index in [1.54, 1.807) is 12.1 Å². The van der Waals surface area contributed by atoms with Crippen molar-refractivity contribution in [2.24, 2.45) is 0 Å². The molecule has 1 N–H and O–H groups in total. The van der Waals surface area contributed by atoms with Gasteiger partial charge >= 0.3 is 0 Å². The fraction of sp³-hybridized carbons (Fsp3) is 0.500. The van der Waals surface area contributed by atoms with Gasteiger partial charge < -0.3 is 10.2 Å². The second-order valence-electron chi connectivity index (χ2n) is 4.26. The van der Waals surface area contributed by atoms with Crippen LogP contribution in [0.25, 0.3) is 0 Å². The third-order valence-electron chi connectivity index (χ3n) is 3.07. The quantitative estimate of drug-likeness (QED) is 0.873. The maximum absolute atomic E-state index is 12.9. The van der Waals surface area contributed by atoms with E-state index in [4.69, 9.17) is 0 Å². The lowest BCUT2D eigenvalue weighted by Gasteiger charge is -2.28. The van der Waals surface area contributed by atoms with Crippen LogP contribution in [0.3, 0.4) is 0 Å².